The molecule has 3 rings (SSSR count). The van der Waals surface area contributed by atoms with Crippen LogP contribution in [0, 0.1) is 5.41 Å². The van der Waals surface area contributed by atoms with Gasteiger partial charge in [0, 0.05) is 18.5 Å². The third-order valence-electron chi connectivity index (χ3n) is 5.38. The molecular formula is C25H28N2O5. The number of ether oxygens (including phenoxy) is 1. The van der Waals surface area contributed by atoms with Crippen LogP contribution in [0.1, 0.15) is 37.8 Å². The van der Waals surface area contributed by atoms with E-state index >= 15 is 0 Å². The molecule has 2 aromatic rings. The minimum absolute atomic E-state index is 0.0279. The highest BCUT2D eigenvalue weighted by atomic mass is 16.5. The number of fused-ring (bicyclic) bond motifs is 3. The molecule has 0 radical (unpaired) electrons. The van der Waals surface area contributed by atoms with E-state index in [1.165, 1.54) is 12.2 Å². The number of alkyl carbamates (subject to hydrolysis) is 1. The lowest BCUT2D eigenvalue weighted by Crippen LogP contribution is -2.48. The number of aliphatic carboxylic acids is 1. The van der Waals surface area contributed by atoms with Crippen LogP contribution in [-0.4, -0.2) is 42.3 Å². The summed E-state index contributed by atoms with van der Waals surface area (Å²) in [5, 5.41) is 14.3. The monoisotopic (exact) mass is 436 g/mol. The smallest absolute Gasteiger partial charge is 0.407 e. The number of nitrogens with one attached hydrogen (secondary N) is 2. The van der Waals surface area contributed by atoms with E-state index in [-0.39, 0.29) is 19.1 Å². The molecule has 0 aliphatic heterocycles. The van der Waals surface area contributed by atoms with Gasteiger partial charge < -0.3 is 20.5 Å². The molecule has 0 fully saturated rings. The number of amides is 2. The molecule has 7 heteroatoms. The van der Waals surface area contributed by atoms with Gasteiger partial charge in [0.05, 0.1) is 0 Å². The molecule has 0 unspecified atom stereocenters. The van der Waals surface area contributed by atoms with E-state index in [4.69, 9.17) is 4.74 Å². The van der Waals surface area contributed by atoms with Gasteiger partial charge in [-0.15, -0.1) is 0 Å². The Kier molecular flexibility index (Phi) is 6.98. The van der Waals surface area contributed by atoms with Gasteiger partial charge in [-0.3, -0.25) is 4.79 Å². The average molecular weight is 437 g/mol. The van der Waals surface area contributed by atoms with Crippen LogP contribution in [0.4, 0.5) is 4.79 Å². The zero-order chi connectivity index (χ0) is 23.3. The third-order valence-corrected chi connectivity index (χ3v) is 5.38. The molecule has 1 aliphatic carbocycles. The fourth-order valence-corrected chi connectivity index (χ4v) is 3.80. The van der Waals surface area contributed by atoms with Crippen LogP contribution in [0.15, 0.2) is 60.7 Å². The molecule has 2 aromatic carbocycles. The Hall–Kier alpha value is -3.61. The van der Waals surface area contributed by atoms with Crippen molar-refractivity contribution in [2.45, 2.75) is 32.7 Å². The minimum atomic E-state index is -1.10. The van der Waals surface area contributed by atoms with Crippen LogP contribution < -0.4 is 10.6 Å². The molecule has 0 aromatic heterocycles. The van der Waals surface area contributed by atoms with Crippen LogP contribution in [0.2, 0.25) is 0 Å². The van der Waals surface area contributed by atoms with Crippen molar-refractivity contribution in [1.29, 1.82) is 0 Å². The SMILES string of the molecule is CC(C)(C)[C@H](NC(=O)/C=C/CNC(=O)OCC1c2ccccc2-c2ccccc21)C(=O)O. The van der Waals surface area contributed by atoms with Crippen molar-refractivity contribution in [2.75, 3.05) is 13.2 Å². The van der Waals surface area contributed by atoms with E-state index < -0.39 is 29.4 Å². The Morgan fingerprint density at radius 2 is 1.59 bits per heavy atom. The molecule has 0 spiro atoms. The lowest BCUT2D eigenvalue weighted by Gasteiger charge is -2.27. The van der Waals surface area contributed by atoms with Crippen molar-refractivity contribution >= 4 is 18.0 Å². The predicted octanol–water partition coefficient (Wildman–Crippen LogP) is 3.70. The summed E-state index contributed by atoms with van der Waals surface area (Å²) in [6.07, 6.45) is 2.05. The van der Waals surface area contributed by atoms with Crippen molar-refractivity contribution in [1.82, 2.24) is 10.6 Å². The topological polar surface area (TPSA) is 105 Å². The van der Waals surface area contributed by atoms with E-state index in [0.29, 0.717) is 0 Å². The highest BCUT2D eigenvalue weighted by molar-refractivity contribution is 5.91. The summed E-state index contributed by atoms with van der Waals surface area (Å²) in [6, 6.07) is 15.1. The molecule has 0 bridgehead atoms. The Morgan fingerprint density at radius 3 is 2.12 bits per heavy atom. The quantitative estimate of drug-likeness (QED) is 0.574. The summed E-state index contributed by atoms with van der Waals surface area (Å²) in [4.78, 5) is 35.4. The lowest BCUT2D eigenvalue weighted by molar-refractivity contribution is -0.144. The zero-order valence-electron chi connectivity index (χ0n) is 18.4. The summed E-state index contributed by atoms with van der Waals surface area (Å²) in [5.41, 5.74) is 3.94. The van der Waals surface area contributed by atoms with Gasteiger partial charge in [-0.2, -0.15) is 0 Å². The fourth-order valence-electron chi connectivity index (χ4n) is 3.80. The van der Waals surface area contributed by atoms with Crippen molar-refractivity contribution in [3.63, 3.8) is 0 Å². The van der Waals surface area contributed by atoms with Crippen molar-refractivity contribution in [3.05, 3.63) is 71.8 Å². The standard InChI is InChI=1S/C25H28N2O5/c1-25(2,3)22(23(29)30)27-21(28)13-8-14-26-24(31)32-15-20-18-11-6-4-9-16(18)17-10-5-7-12-19(17)20/h4-13,20,22H,14-15H2,1-3H3,(H,26,31)(H,27,28)(H,29,30)/b13-8+/t22-/m1/s1. The summed E-state index contributed by atoms with van der Waals surface area (Å²) >= 11 is 0. The molecule has 7 nitrogen and oxygen atoms in total. The maximum absolute atomic E-state index is 12.1. The first-order chi connectivity index (χ1) is 15.2. The molecule has 3 N–H and O–H groups in total. The van der Waals surface area contributed by atoms with Gasteiger partial charge in [0.15, 0.2) is 0 Å². The molecule has 2 amide bonds. The summed E-state index contributed by atoms with van der Waals surface area (Å²) in [5.74, 6) is -1.67. The Bertz CT molecular complexity index is 993. The molecule has 0 saturated heterocycles. The highest BCUT2D eigenvalue weighted by Gasteiger charge is 2.32. The highest BCUT2D eigenvalue weighted by Crippen LogP contribution is 2.44. The van der Waals surface area contributed by atoms with Crippen molar-refractivity contribution in [3.8, 4) is 11.1 Å². The number of hydrogen-bond acceptors (Lipinski definition) is 4. The van der Waals surface area contributed by atoms with Crippen LogP contribution >= 0.6 is 0 Å². The van der Waals surface area contributed by atoms with Gasteiger partial charge in [-0.05, 0) is 27.7 Å². The molecule has 1 atom stereocenters. The van der Waals surface area contributed by atoms with Crippen LogP contribution in [0.3, 0.4) is 0 Å². The van der Waals surface area contributed by atoms with Gasteiger partial charge in [-0.25, -0.2) is 9.59 Å². The number of benzene rings is 2. The normalized spacial score (nSPS) is 13.8. The largest absolute Gasteiger partial charge is 0.480 e. The van der Waals surface area contributed by atoms with Crippen molar-refractivity contribution < 1.29 is 24.2 Å². The number of carbonyl (C=O) groups is 3. The first-order valence-electron chi connectivity index (χ1n) is 10.5. The summed E-state index contributed by atoms with van der Waals surface area (Å²) in [6.45, 7) is 5.48. The molecule has 32 heavy (non-hydrogen) atoms. The minimum Gasteiger partial charge on any atom is -0.480 e. The summed E-state index contributed by atoms with van der Waals surface area (Å²) < 4.78 is 5.43. The molecule has 0 heterocycles. The second-order valence-corrected chi connectivity index (χ2v) is 8.75. The summed E-state index contributed by atoms with van der Waals surface area (Å²) in [7, 11) is 0. The number of carboxylic acids is 1. The molecule has 0 saturated carbocycles. The van der Waals surface area contributed by atoms with Crippen LogP contribution in [0.5, 0.6) is 0 Å². The maximum Gasteiger partial charge on any atom is 0.407 e. The van der Waals surface area contributed by atoms with E-state index in [9.17, 15) is 19.5 Å². The third kappa shape index (κ3) is 5.35. The van der Waals surface area contributed by atoms with Gasteiger partial charge in [0.1, 0.15) is 12.6 Å². The van der Waals surface area contributed by atoms with Gasteiger partial charge in [0.2, 0.25) is 5.91 Å². The predicted molar refractivity (Wildman–Crippen MR) is 121 cm³/mol. The fraction of sp³-hybridized carbons (Fsp3) is 0.320. The zero-order valence-corrected chi connectivity index (χ0v) is 18.4. The average Bonchev–Trinajstić information content (AvgIpc) is 3.06. The van der Waals surface area contributed by atoms with Gasteiger partial charge in [-0.1, -0.05) is 75.4 Å². The molecule has 1 aliphatic rings. The van der Waals surface area contributed by atoms with E-state index in [2.05, 4.69) is 22.8 Å². The molecule has 168 valence electrons. The molecular weight excluding hydrogens is 408 g/mol. The first kappa shape index (κ1) is 23.1. The van der Waals surface area contributed by atoms with Crippen molar-refractivity contribution in [2.24, 2.45) is 5.41 Å². The number of hydrogen-bond donors (Lipinski definition) is 3. The van der Waals surface area contributed by atoms with E-state index in [0.717, 1.165) is 22.3 Å². The Morgan fingerprint density at radius 1 is 1.03 bits per heavy atom. The van der Waals surface area contributed by atoms with Gasteiger partial charge in [0.25, 0.3) is 0 Å². The van der Waals surface area contributed by atoms with E-state index in [1.54, 1.807) is 20.8 Å². The van der Waals surface area contributed by atoms with Gasteiger partial charge >= 0.3 is 12.1 Å². The van der Waals surface area contributed by atoms with Crippen LogP contribution in [-0.2, 0) is 14.3 Å². The number of rotatable bonds is 7. The number of carboxylic acid groups (broad SMARTS) is 1. The Balaban J connectivity index is 1.49. The van der Waals surface area contributed by atoms with E-state index in [1.807, 2.05) is 36.4 Å². The maximum atomic E-state index is 12.1. The lowest BCUT2D eigenvalue weighted by atomic mass is 9.87. The second-order valence-electron chi connectivity index (χ2n) is 8.75. The van der Waals surface area contributed by atoms with Crippen LogP contribution in [0.25, 0.3) is 11.1 Å². The number of carbonyl (C=O) groups excluding carboxylic acids is 2. The first-order valence-corrected chi connectivity index (χ1v) is 10.5. The second kappa shape index (κ2) is 9.68. The Labute approximate surface area is 187 Å².